The summed E-state index contributed by atoms with van der Waals surface area (Å²) in [6.07, 6.45) is 9.56. The number of rotatable bonds is 13. The number of H-pyrrole nitrogens is 1. The van der Waals surface area contributed by atoms with Crippen molar-refractivity contribution in [2.75, 3.05) is 49.5 Å². The highest BCUT2D eigenvalue weighted by atomic mass is 35.5. The summed E-state index contributed by atoms with van der Waals surface area (Å²) < 4.78 is 36.3. The average Bonchev–Trinajstić information content (AvgIpc) is 3.76. The summed E-state index contributed by atoms with van der Waals surface area (Å²) in [5, 5.41) is 28.0. The van der Waals surface area contributed by atoms with E-state index in [1.54, 1.807) is 24.3 Å². The van der Waals surface area contributed by atoms with Crippen LogP contribution in [0, 0.1) is 38.7 Å². The maximum absolute atomic E-state index is 14.1. The van der Waals surface area contributed by atoms with Gasteiger partial charge in [-0.15, -0.1) is 0 Å². The van der Waals surface area contributed by atoms with Gasteiger partial charge in [0.2, 0.25) is 0 Å². The molecule has 5 atom stereocenters. The number of carbonyl (C=O) groups excluding carboxylic acids is 1. The lowest BCUT2D eigenvalue weighted by atomic mass is 9.48. The largest absolute Gasteiger partial charge is 0.456 e. The molecular weight excluding hydrogens is 876 g/mol. The molecule has 4 saturated carbocycles. The summed E-state index contributed by atoms with van der Waals surface area (Å²) >= 11 is 6.26. The number of anilines is 2. The Bertz CT molecular complexity index is 2820. The molecule has 5 fully saturated rings. The van der Waals surface area contributed by atoms with Crippen molar-refractivity contribution in [3.05, 3.63) is 123 Å². The standard InChI is InChI=1S/C51H57ClN6O7S/c1-50(2)15-13-35(43(29-50)33-3-5-38(52)6-4-33)30-56-17-19-57(20-18-56)39-7-10-42(47(24-39)65-40-8-11-44-34(23-40)14-16-53-44)49(60)55-66(63,64)41-9-12-45(46(25-41)58(61)62)54-31-51-26-32-21-36(27-51)48(59)37(22-32)28-51/h3-12,14,16,23-25,32,36-37,48,53-54,59H,13,15,17-22,26-31H2,1-2H3,(H,55,60)/t32?,36-,37?,48?,51?/m0/s1. The number of ether oxygens (including phenoxy) is 1. The third kappa shape index (κ3) is 9.04. The summed E-state index contributed by atoms with van der Waals surface area (Å²) in [4.78, 5) is 33.3. The second-order valence-corrected chi connectivity index (χ2v) is 22.5. The van der Waals surface area contributed by atoms with Gasteiger partial charge in [-0.1, -0.05) is 43.2 Å². The highest BCUT2D eigenvalue weighted by molar-refractivity contribution is 7.90. The Balaban J connectivity index is 0.860. The van der Waals surface area contributed by atoms with E-state index in [4.69, 9.17) is 16.3 Å². The minimum absolute atomic E-state index is 0.00880. The topological polar surface area (TPSA) is 170 Å². The second kappa shape index (κ2) is 17.3. The van der Waals surface area contributed by atoms with Gasteiger partial charge < -0.3 is 25.0 Å². The van der Waals surface area contributed by atoms with Gasteiger partial charge in [-0.05, 0) is 152 Å². The summed E-state index contributed by atoms with van der Waals surface area (Å²) in [5.74, 6) is 0.760. The van der Waals surface area contributed by atoms with Crippen molar-refractivity contribution in [2.45, 2.75) is 76.2 Å². The van der Waals surface area contributed by atoms with Gasteiger partial charge in [0.25, 0.3) is 21.6 Å². The number of nitro groups is 1. The number of fused-ring (bicyclic) bond motifs is 1. The molecule has 0 spiro atoms. The number of hydrogen-bond acceptors (Lipinski definition) is 10. The normalized spacial score (nSPS) is 25.0. The molecular formula is C51H57ClN6O7S. The van der Waals surface area contributed by atoms with Gasteiger partial charge in [0.15, 0.2) is 0 Å². The highest BCUT2D eigenvalue weighted by Gasteiger charge is 2.55. The third-order valence-corrected chi connectivity index (χ3v) is 16.8. The molecule has 2 heterocycles. The van der Waals surface area contributed by atoms with Crippen LogP contribution in [0.4, 0.5) is 17.1 Å². The van der Waals surface area contributed by atoms with Crippen molar-refractivity contribution < 1.29 is 28.0 Å². The molecule has 66 heavy (non-hydrogen) atoms. The van der Waals surface area contributed by atoms with E-state index in [-0.39, 0.29) is 45.8 Å². The first kappa shape index (κ1) is 44.4. The number of halogens is 1. The van der Waals surface area contributed by atoms with Crippen LogP contribution in [0.3, 0.4) is 0 Å². The van der Waals surface area contributed by atoms with E-state index >= 15 is 0 Å². The number of amides is 1. The molecule has 1 aromatic heterocycles. The van der Waals surface area contributed by atoms with Crippen LogP contribution in [0.1, 0.15) is 81.1 Å². The molecule has 4 aromatic carbocycles. The number of aliphatic hydroxyl groups excluding tert-OH is 1. The molecule has 4 unspecified atom stereocenters. The molecule has 6 aliphatic rings. The molecule has 15 heteroatoms. The Morgan fingerprint density at radius 3 is 2.45 bits per heavy atom. The van der Waals surface area contributed by atoms with Crippen molar-refractivity contribution in [1.29, 1.82) is 0 Å². The number of nitrogens with one attached hydrogen (secondary N) is 3. The zero-order chi connectivity index (χ0) is 46.0. The second-order valence-electron chi connectivity index (χ2n) is 20.4. The fourth-order valence-corrected chi connectivity index (χ4v) is 13.1. The van der Waals surface area contributed by atoms with Crippen LogP contribution in [0.15, 0.2) is 102 Å². The maximum Gasteiger partial charge on any atom is 0.293 e. The summed E-state index contributed by atoms with van der Waals surface area (Å²) in [6.45, 7) is 9.19. The van der Waals surface area contributed by atoms with E-state index in [2.05, 4.69) is 50.8 Å². The first-order valence-corrected chi connectivity index (χ1v) is 25.1. The predicted molar refractivity (Wildman–Crippen MR) is 258 cm³/mol. The molecule has 4 bridgehead atoms. The van der Waals surface area contributed by atoms with Crippen LogP contribution in [0.5, 0.6) is 11.5 Å². The Hall–Kier alpha value is -5.41. The van der Waals surface area contributed by atoms with Crippen LogP contribution in [-0.2, 0) is 10.0 Å². The van der Waals surface area contributed by atoms with Crippen LogP contribution in [-0.4, -0.2) is 79.6 Å². The molecule has 13 nitrogen and oxygen atoms in total. The van der Waals surface area contributed by atoms with Crippen molar-refractivity contribution in [3.8, 4) is 11.5 Å². The monoisotopic (exact) mass is 932 g/mol. The quantitative estimate of drug-likeness (QED) is 0.0658. The van der Waals surface area contributed by atoms with E-state index in [0.717, 1.165) is 112 Å². The van der Waals surface area contributed by atoms with Gasteiger partial charge in [0, 0.05) is 79.2 Å². The minimum Gasteiger partial charge on any atom is -0.456 e. The van der Waals surface area contributed by atoms with Gasteiger partial charge in [0.1, 0.15) is 17.2 Å². The van der Waals surface area contributed by atoms with E-state index in [9.17, 15) is 28.4 Å². The third-order valence-electron chi connectivity index (χ3n) is 15.2. The lowest BCUT2D eigenvalue weighted by Crippen LogP contribution is -2.55. The number of allylic oxidation sites excluding steroid dienone is 1. The van der Waals surface area contributed by atoms with E-state index in [1.165, 1.54) is 28.8 Å². The Morgan fingerprint density at radius 2 is 1.71 bits per heavy atom. The Kier molecular flexibility index (Phi) is 11.7. The average molecular weight is 934 g/mol. The molecule has 11 rings (SSSR count). The van der Waals surface area contributed by atoms with Gasteiger partial charge in [-0.3, -0.25) is 19.8 Å². The summed E-state index contributed by atoms with van der Waals surface area (Å²) in [7, 11) is -4.57. The number of hydrogen-bond donors (Lipinski definition) is 4. The van der Waals surface area contributed by atoms with Crippen molar-refractivity contribution in [1.82, 2.24) is 14.6 Å². The lowest BCUT2D eigenvalue weighted by Gasteiger charge is -2.59. The first-order valence-electron chi connectivity index (χ1n) is 23.2. The fourth-order valence-electron chi connectivity index (χ4n) is 12.0. The van der Waals surface area contributed by atoms with Gasteiger partial charge in [-0.25, -0.2) is 13.1 Å². The van der Waals surface area contributed by atoms with E-state index in [1.807, 2.05) is 36.5 Å². The van der Waals surface area contributed by atoms with Gasteiger partial charge in [-0.2, -0.15) is 0 Å². The molecule has 1 amide bonds. The zero-order valence-corrected chi connectivity index (χ0v) is 39.0. The fraction of sp³-hybridized carbons (Fsp3) is 0.431. The molecule has 4 N–H and O–H groups in total. The van der Waals surface area contributed by atoms with Crippen molar-refractivity contribution >= 4 is 61.1 Å². The van der Waals surface area contributed by atoms with E-state index in [0.29, 0.717) is 18.2 Å². The van der Waals surface area contributed by atoms with Crippen LogP contribution in [0.25, 0.3) is 16.5 Å². The number of piperazine rings is 1. The highest BCUT2D eigenvalue weighted by Crippen LogP contribution is 2.60. The van der Waals surface area contributed by atoms with Crippen molar-refractivity contribution in [2.24, 2.45) is 28.6 Å². The number of aliphatic hydroxyl groups is 1. The van der Waals surface area contributed by atoms with Crippen LogP contribution in [0.2, 0.25) is 5.02 Å². The number of sulfonamides is 1. The Morgan fingerprint density at radius 1 is 0.955 bits per heavy atom. The van der Waals surface area contributed by atoms with Crippen LogP contribution >= 0.6 is 11.6 Å². The molecule has 0 radical (unpaired) electrons. The number of nitro benzene ring substituents is 1. The zero-order valence-electron chi connectivity index (χ0n) is 37.4. The lowest BCUT2D eigenvalue weighted by molar-refractivity contribution is -0.384. The number of carbonyl (C=O) groups is 1. The molecule has 1 aliphatic heterocycles. The Labute approximate surface area is 390 Å². The number of aromatic amines is 1. The van der Waals surface area contributed by atoms with Gasteiger partial charge >= 0.3 is 0 Å². The van der Waals surface area contributed by atoms with Gasteiger partial charge in [0.05, 0.1) is 21.5 Å². The number of benzene rings is 4. The number of nitrogens with zero attached hydrogens (tertiary/aromatic N) is 3. The molecule has 5 aliphatic carbocycles. The van der Waals surface area contributed by atoms with E-state index < -0.39 is 31.4 Å². The molecule has 1 saturated heterocycles. The number of aromatic nitrogens is 1. The maximum atomic E-state index is 14.1. The molecule has 346 valence electrons. The van der Waals surface area contributed by atoms with Crippen LogP contribution < -0.4 is 19.7 Å². The minimum atomic E-state index is -4.57. The summed E-state index contributed by atoms with van der Waals surface area (Å²) in [6, 6.07) is 24.4. The predicted octanol–water partition coefficient (Wildman–Crippen LogP) is 10.0. The molecule has 5 aromatic rings. The van der Waals surface area contributed by atoms with Crippen molar-refractivity contribution in [3.63, 3.8) is 0 Å². The first-order chi connectivity index (χ1) is 31.6. The smallest absolute Gasteiger partial charge is 0.293 e. The summed E-state index contributed by atoms with van der Waals surface area (Å²) in [5.41, 5.74) is 5.83. The SMILES string of the molecule is CC1(C)CCC(CN2CCN(c3ccc(C(=O)NS(=O)(=O)c4ccc(NCC56CC7CC(C5)C(O)[C@@H](C7)C6)c([N+](=O)[O-])c4)c(Oc4ccc5[nH]ccc5c4)c3)CC2)=C(c2ccc(Cl)cc2)C1.